The second kappa shape index (κ2) is 5.45. The number of sulfonamides is 1. The molecule has 0 bridgehead atoms. The number of nitrogens with one attached hydrogen (secondary N) is 1. The number of sulfone groups is 1. The highest BCUT2D eigenvalue weighted by molar-refractivity contribution is 7.91. The van der Waals surface area contributed by atoms with Gasteiger partial charge in [0.1, 0.15) is 11.4 Å². The minimum absolute atomic E-state index is 0.203. The number of benzene rings is 1. The van der Waals surface area contributed by atoms with E-state index in [1.54, 1.807) is 4.72 Å². The molecule has 0 saturated carbocycles. The monoisotopic (exact) mass is 327 g/mol. The molecule has 0 spiro atoms. The zero-order valence-corrected chi connectivity index (χ0v) is 12.0. The smallest absolute Gasteiger partial charge is 0.318 e. The van der Waals surface area contributed by atoms with Gasteiger partial charge in [0.25, 0.3) is 0 Å². The van der Waals surface area contributed by atoms with Crippen molar-refractivity contribution in [1.29, 1.82) is 0 Å². The summed E-state index contributed by atoms with van der Waals surface area (Å²) in [7, 11) is -7.80. The summed E-state index contributed by atoms with van der Waals surface area (Å²) >= 11 is 5.68. The molecule has 0 aliphatic heterocycles. The van der Waals surface area contributed by atoms with Crippen molar-refractivity contribution in [3.05, 3.63) is 23.2 Å². The van der Waals surface area contributed by atoms with Gasteiger partial charge in [0.05, 0.1) is 9.92 Å². The summed E-state index contributed by atoms with van der Waals surface area (Å²) in [5.74, 6) is -1.38. The summed E-state index contributed by atoms with van der Waals surface area (Å²) in [5, 5.41) is 8.22. The quantitative estimate of drug-likeness (QED) is 0.792. The fourth-order valence-corrected chi connectivity index (χ4v) is 3.37. The Hall–Kier alpha value is -1.16. The summed E-state index contributed by atoms with van der Waals surface area (Å²) < 4.78 is 48.0. The van der Waals surface area contributed by atoms with Gasteiger partial charge in [-0.3, -0.25) is 4.79 Å². The highest BCUT2D eigenvalue weighted by atomic mass is 35.5. The van der Waals surface area contributed by atoms with E-state index < -0.39 is 37.3 Å². The molecule has 0 fully saturated rings. The summed E-state index contributed by atoms with van der Waals surface area (Å²) in [5.41, 5.74) is 0. The van der Waals surface area contributed by atoms with E-state index in [0.717, 1.165) is 24.5 Å². The van der Waals surface area contributed by atoms with E-state index in [1.165, 1.54) is 0 Å². The number of carbonyl (C=O) groups is 1. The van der Waals surface area contributed by atoms with E-state index >= 15 is 0 Å². The average Bonchev–Trinajstić information content (AvgIpc) is 2.25. The molecule has 0 aliphatic carbocycles. The van der Waals surface area contributed by atoms with Crippen LogP contribution in [0.4, 0.5) is 0 Å². The molecule has 1 aromatic carbocycles. The topological polar surface area (TPSA) is 118 Å². The first kappa shape index (κ1) is 15.9. The molecular formula is C9H10ClNO6S2. The highest BCUT2D eigenvalue weighted by Crippen LogP contribution is 2.24. The van der Waals surface area contributed by atoms with Crippen LogP contribution in [-0.4, -0.2) is 40.7 Å². The third-order valence-electron chi connectivity index (χ3n) is 2.03. The van der Waals surface area contributed by atoms with Gasteiger partial charge in [-0.15, -0.1) is 0 Å². The number of hydrogen-bond donors (Lipinski definition) is 2. The fraction of sp³-hybridized carbons (Fsp3) is 0.222. The Kier molecular flexibility index (Phi) is 4.56. The van der Waals surface area contributed by atoms with Gasteiger partial charge in [-0.25, -0.2) is 16.8 Å². The van der Waals surface area contributed by atoms with Gasteiger partial charge in [0.2, 0.25) is 10.0 Å². The van der Waals surface area contributed by atoms with Crippen LogP contribution in [0.15, 0.2) is 28.0 Å². The van der Waals surface area contributed by atoms with Crippen molar-refractivity contribution in [2.24, 2.45) is 0 Å². The molecule has 7 nitrogen and oxygen atoms in total. The molecule has 10 heteroatoms. The minimum atomic E-state index is -4.20. The molecule has 0 heterocycles. The molecule has 0 saturated heterocycles. The fourth-order valence-electron chi connectivity index (χ4n) is 1.15. The maximum absolute atomic E-state index is 11.8. The molecule has 0 aliphatic rings. The molecule has 106 valence electrons. The zero-order chi connectivity index (χ0) is 14.8. The molecule has 1 rings (SSSR count). The van der Waals surface area contributed by atoms with E-state index in [-0.39, 0.29) is 9.92 Å². The zero-order valence-electron chi connectivity index (χ0n) is 9.62. The minimum Gasteiger partial charge on any atom is -0.480 e. The number of halogens is 1. The Morgan fingerprint density at radius 2 is 1.89 bits per heavy atom. The predicted octanol–water partition coefficient (Wildman–Crippen LogP) is 0.106. The Morgan fingerprint density at radius 3 is 2.37 bits per heavy atom. The Bertz CT molecular complexity index is 710. The number of hydrogen-bond acceptors (Lipinski definition) is 5. The predicted molar refractivity (Wildman–Crippen MR) is 67.4 cm³/mol. The van der Waals surface area contributed by atoms with Gasteiger partial charge >= 0.3 is 5.97 Å². The molecule has 0 unspecified atom stereocenters. The highest BCUT2D eigenvalue weighted by Gasteiger charge is 2.21. The molecule has 0 aromatic heterocycles. The van der Waals surface area contributed by atoms with Crippen molar-refractivity contribution < 1.29 is 26.7 Å². The standard InChI is InChI=1S/C9H10ClNO6S2/c1-18(14,15)6-2-3-7(10)8(4-6)19(16,17)11-5-9(12)13/h2-4,11H,5H2,1H3,(H,12,13). The molecule has 0 radical (unpaired) electrons. The third-order valence-corrected chi connectivity index (χ3v) is 5.03. The van der Waals surface area contributed by atoms with Gasteiger partial charge in [-0.2, -0.15) is 4.72 Å². The van der Waals surface area contributed by atoms with Crippen LogP contribution in [0.1, 0.15) is 0 Å². The summed E-state index contributed by atoms with van der Waals surface area (Å²) in [4.78, 5) is 9.62. The summed E-state index contributed by atoms with van der Waals surface area (Å²) in [6.07, 6.45) is 0.914. The molecule has 0 amide bonds. The van der Waals surface area contributed by atoms with Crippen LogP contribution >= 0.6 is 11.6 Å². The first-order chi connectivity index (χ1) is 8.54. The number of carboxylic acids is 1. The largest absolute Gasteiger partial charge is 0.480 e. The van der Waals surface area contributed by atoms with E-state index in [1.807, 2.05) is 0 Å². The number of rotatable bonds is 5. The maximum Gasteiger partial charge on any atom is 0.318 e. The normalized spacial score (nSPS) is 12.3. The lowest BCUT2D eigenvalue weighted by molar-refractivity contribution is -0.135. The van der Waals surface area contributed by atoms with Crippen LogP contribution in [0, 0.1) is 0 Å². The van der Waals surface area contributed by atoms with Crippen molar-refractivity contribution in [1.82, 2.24) is 4.72 Å². The van der Waals surface area contributed by atoms with Crippen molar-refractivity contribution in [3.63, 3.8) is 0 Å². The van der Waals surface area contributed by atoms with Gasteiger partial charge in [0, 0.05) is 6.26 Å². The third kappa shape index (κ3) is 4.16. The lowest BCUT2D eigenvalue weighted by Crippen LogP contribution is -2.29. The van der Waals surface area contributed by atoms with Crippen molar-refractivity contribution in [3.8, 4) is 0 Å². The van der Waals surface area contributed by atoms with E-state index in [0.29, 0.717) is 0 Å². The van der Waals surface area contributed by atoms with Crippen molar-refractivity contribution in [2.45, 2.75) is 9.79 Å². The summed E-state index contributed by atoms with van der Waals surface area (Å²) in [6.45, 7) is -0.832. The van der Waals surface area contributed by atoms with Crippen LogP contribution < -0.4 is 4.72 Å². The Balaban J connectivity index is 3.30. The van der Waals surface area contributed by atoms with Crippen LogP contribution in [0.5, 0.6) is 0 Å². The Morgan fingerprint density at radius 1 is 1.32 bits per heavy atom. The van der Waals surface area contributed by atoms with Crippen molar-refractivity contribution >= 4 is 37.4 Å². The number of carboxylic acid groups (broad SMARTS) is 1. The second-order valence-corrected chi connectivity index (χ2v) is 7.74. The SMILES string of the molecule is CS(=O)(=O)c1ccc(Cl)c(S(=O)(=O)NCC(=O)O)c1. The molecule has 0 atom stereocenters. The van der Waals surface area contributed by atoms with Gasteiger partial charge in [0.15, 0.2) is 9.84 Å². The first-order valence-electron chi connectivity index (χ1n) is 4.75. The lowest BCUT2D eigenvalue weighted by Gasteiger charge is -2.08. The molecule has 1 aromatic rings. The van der Waals surface area contributed by atoms with Crippen LogP contribution in [-0.2, 0) is 24.7 Å². The van der Waals surface area contributed by atoms with Gasteiger partial charge < -0.3 is 5.11 Å². The van der Waals surface area contributed by atoms with Crippen LogP contribution in [0.2, 0.25) is 5.02 Å². The molecule has 19 heavy (non-hydrogen) atoms. The van der Waals surface area contributed by atoms with Gasteiger partial charge in [-0.1, -0.05) is 11.6 Å². The average molecular weight is 328 g/mol. The first-order valence-corrected chi connectivity index (χ1v) is 8.50. The molecular weight excluding hydrogens is 318 g/mol. The van der Waals surface area contributed by atoms with E-state index in [2.05, 4.69) is 0 Å². The summed E-state index contributed by atoms with van der Waals surface area (Å²) in [6, 6.07) is 3.16. The van der Waals surface area contributed by atoms with Gasteiger partial charge in [-0.05, 0) is 18.2 Å². The maximum atomic E-state index is 11.8. The van der Waals surface area contributed by atoms with E-state index in [9.17, 15) is 21.6 Å². The number of aliphatic carboxylic acids is 1. The lowest BCUT2D eigenvalue weighted by atomic mass is 10.4. The van der Waals surface area contributed by atoms with Crippen LogP contribution in [0.3, 0.4) is 0 Å². The van der Waals surface area contributed by atoms with Crippen molar-refractivity contribution in [2.75, 3.05) is 12.8 Å². The molecule has 2 N–H and O–H groups in total. The second-order valence-electron chi connectivity index (χ2n) is 3.58. The van der Waals surface area contributed by atoms with Crippen LogP contribution in [0.25, 0.3) is 0 Å². The Labute approximate surface area is 115 Å². The van der Waals surface area contributed by atoms with E-state index in [4.69, 9.17) is 16.7 Å².